The van der Waals surface area contributed by atoms with Crippen molar-refractivity contribution in [1.82, 2.24) is 0 Å². The summed E-state index contributed by atoms with van der Waals surface area (Å²) in [6.45, 7) is 1.96. The molecular weight excluding hydrogens is 342 g/mol. The minimum Gasteiger partial charge on any atom is -0.360 e. The van der Waals surface area contributed by atoms with E-state index < -0.39 is 5.91 Å². The maximum Gasteiger partial charge on any atom is 0.267 e. The van der Waals surface area contributed by atoms with Gasteiger partial charge in [-0.3, -0.25) is 4.79 Å². The molecule has 0 aliphatic carbocycles. The summed E-state index contributed by atoms with van der Waals surface area (Å²) < 4.78 is 1.00. The fourth-order valence-electron chi connectivity index (χ4n) is 1.76. The highest BCUT2D eigenvalue weighted by Gasteiger charge is 2.09. The number of hydrogen-bond acceptors (Lipinski definition) is 3. The van der Waals surface area contributed by atoms with E-state index in [9.17, 15) is 4.79 Å². The van der Waals surface area contributed by atoms with Crippen molar-refractivity contribution in [3.05, 3.63) is 70.3 Å². The molecule has 0 aliphatic rings. The molecule has 0 saturated heterocycles. The molecule has 0 fully saturated rings. The van der Waals surface area contributed by atoms with Crippen LogP contribution in [0, 0.1) is 18.3 Å². The van der Waals surface area contributed by atoms with Crippen LogP contribution in [0.15, 0.2) is 64.8 Å². The summed E-state index contributed by atoms with van der Waals surface area (Å²) in [7, 11) is 0. The molecule has 0 radical (unpaired) electrons. The number of amides is 1. The fourth-order valence-corrected chi connectivity index (χ4v) is 2.01. The Bertz CT molecular complexity index is 748. The van der Waals surface area contributed by atoms with Gasteiger partial charge in [-0.1, -0.05) is 34.1 Å². The second kappa shape index (κ2) is 7.43. The highest BCUT2D eigenvalue weighted by molar-refractivity contribution is 9.10. The Morgan fingerprint density at radius 3 is 2.55 bits per heavy atom. The van der Waals surface area contributed by atoms with Gasteiger partial charge in [0.05, 0.1) is 0 Å². The highest BCUT2D eigenvalue weighted by atomic mass is 79.9. The summed E-state index contributed by atoms with van der Waals surface area (Å²) in [5, 5.41) is 14.8. The summed E-state index contributed by atoms with van der Waals surface area (Å²) in [4.78, 5) is 12.0. The van der Waals surface area contributed by atoms with Crippen LogP contribution >= 0.6 is 15.9 Å². The van der Waals surface area contributed by atoms with E-state index in [-0.39, 0.29) is 5.57 Å². The summed E-state index contributed by atoms with van der Waals surface area (Å²) >= 11 is 3.42. The first-order chi connectivity index (χ1) is 10.6. The molecule has 0 saturated carbocycles. The quantitative estimate of drug-likeness (QED) is 0.637. The van der Waals surface area contributed by atoms with Gasteiger partial charge in [0.2, 0.25) is 0 Å². The lowest BCUT2D eigenvalue weighted by Gasteiger charge is -2.06. The van der Waals surface area contributed by atoms with Crippen molar-refractivity contribution in [2.45, 2.75) is 6.92 Å². The number of anilines is 2. The SMILES string of the molecule is Cc1cc(N/C=C(\C#N)C(=O)Nc2ccccc2)ccc1Br. The monoisotopic (exact) mass is 355 g/mol. The second-order valence-corrected chi connectivity index (χ2v) is 5.45. The molecule has 2 N–H and O–H groups in total. The normalized spacial score (nSPS) is 10.7. The van der Waals surface area contributed by atoms with Crippen LogP contribution in [0.4, 0.5) is 11.4 Å². The van der Waals surface area contributed by atoms with Gasteiger partial charge in [0.1, 0.15) is 11.6 Å². The van der Waals surface area contributed by atoms with E-state index in [1.165, 1.54) is 6.20 Å². The molecule has 2 rings (SSSR count). The molecule has 2 aromatic carbocycles. The van der Waals surface area contributed by atoms with Crippen LogP contribution in [-0.4, -0.2) is 5.91 Å². The number of nitrogens with zero attached hydrogens (tertiary/aromatic N) is 1. The predicted molar refractivity (Wildman–Crippen MR) is 91.3 cm³/mol. The topological polar surface area (TPSA) is 64.9 Å². The van der Waals surface area contributed by atoms with Crippen LogP contribution in [0.1, 0.15) is 5.56 Å². The first kappa shape index (κ1) is 15.8. The van der Waals surface area contributed by atoms with Crippen molar-refractivity contribution in [2.75, 3.05) is 10.6 Å². The second-order valence-electron chi connectivity index (χ2n) is 4.60. The Morgan fingerprint density at radius 2 is 1.91 bits per heavy atom. The third-order valence-electron chi connectivity index (χ3n) is 2.94. The van der Waals surface area contributed by atoms with Crippen LogP contribution in [0.25, 0.3) is 0 Å². The Labute approximate surface area is 137 Å². The molecule has 4 nitrogen and oxygen atoms in total. The Balaban J connectivity index is 2.08. The molecule has 0 spiro atoms. The number of rotatable bonds is 4. The minimum absolute atomic E-state index is 0.00410. The van der Waals surface area contributed by atoms with E-state index in [4.69, 9.17) is 5.26 Å². The zero-order valence-corrected chi connectivity index (χ0v) is 13.5. The highest BCUT2D eigenvalue weighted by Crippen LogP contribution is 2.20. The standard InChI is InChI=1S/C17H14BrN3O/c1-12-9-15(7-8-16(12)18)20-11-13(10-19)17(22)21-14-5-3-2-4-6-14/h2-9,11,20H,1H3,(H,21,22)/b13-11+. The van der Waals surface area contributed by atoms with Gasteiger partial charge in [-0.2, -0.15) is 5.26 Å². The zero-order valence-electron chi connectivity index (χ0n) is 11.9. The van der Waals surface area contributed by atoms with Gasteiger partial charge in [-0.05, 0) is 42.8 Å². The maximum atomic E-state index is 12.0. The van der Waals surface area contributed by atoms with Gasteiger partial charge in [-0.15, -0.1) is 0 Å². The van der Waals surface area contributed by atoms with E-state index in [1.54, 1.807) is 12.1 Å². The lowest BCUT2D eigenvalue weighted by molar-refractivity contribution is -0.112. The van der Waals surface area contributed by atoms with E-state index in [0.717, 1.165) is 15.7 Å². The summed E-state index contributed by atoms with van der Waals surface area (Å²) in [6.07, 6.45) is 1.40. The Morgan fingerprint density at radius 1 is 1.18 bits per heavy atom. The molecule has 1 amide bonds. The van der Waals surface area contributed by atoms with Crippen molar-refractivity contribution < 1.29 is 4.79 Å². The molecule has 110 valence electrons. The van der Waals surface area contributed by atoms with Crippen molar-refractivity contribution in [3.63, 3.8) is 0 Å². The first-order valence-electron chi connectivity index (χ1n) is 6.59. The molecule has 0 aromatic heterocycles. The van der Waals surface area contributed by atoms with Crippen LogP contribution in [0.3, 0.4) is 0 Å². The van der Waals surface area contributed by atoms with Crippen LogP contribution in [-0.2, 0) is 4.79 Å². The van der Waals surface area contributed by atoms with Gasteiger partial charge in [-0.25, -0.2) is 0 Å². The molecule has 0 bridgehead atoms. The smallest absolute Gasteiger partial charge is 0.267 e. The van der Waals surface area contributed by atoms with Gasteiger partial charge in [0.15, 0.2) is 0 Å². The lowest BCUT2D eigenvalue weighted by Crippen LogP contribution is -2.14. The van der Waals surface area contributed by atoms with Crippen LogP contribution < -0.4 is 10.6 Å². The van der Waals surface area contributed by atoms with Gasteiger partial charge in [0.25, 0.3) is 5.91 Å². The number of carbonyl (C=O) groups is 1. The van der Waals surface area contributed by atoms with Crippen molar-refractivity contribution >= 4 is 33.2 Å². The fraction of sp³-hybridized carbons (Fsp3) is 0.0588. The van der Waals surface area contributed by atoms with E-state index >= 15 is 0 Å². The number of para-hydroxylation sites is 1. The Kier molecular flexibility index (Phi) is 5.34. The number of halogens is 1. The van der Waals surface area contributed by atoms with Gasteiger partial charge >= 0.3 is 0 Å². The largest absolute Gasteiger partial charge is 0.360 e. The Hall–Kier alpha value is -2.58. The molecule has 0 heterocycles. The van der Waals surface area contributed by atoms with Crippen molar-refractivity contribution in [3.8, 4) is 6.07 Å². The molecule has 22 heavy (non-hydrogen) atoms. The number of nitrogens with one attached hydrogen (secondary N) is 2. The van der Waals surface area contributed by atoms with E-state index in [2.05, 4.69) is 26.6 Å². The minimum atomic E-state index is -0.449. The number of benzene rings is 2. The average Bonchev–Trinajstić information content (AvgIpc) is 2.52. The maximum absolute atomic E-state index is 12.0. The number of aryl methyl sites for hydroxylation is 1. The summed E-state index contributed by atoms with van der Waals surface area (Å²) in [6, 6.07) is 16.6. The molecule has 0 atom stereocenters. The third kappa shape index (κ3) is 4.21. The van der Waals surface area contributed by atoms with E-state index in [1.807, 2.05) is 49.4 Å². The van der Waals surface area contributed by atoms with Gasteiger partial charge in [0, 0.05) is 22.0 Å². The average molecular weight is 356 g/mol. The van der Waals surface area contributed by atoms with Crippen LogP contribution in [0.5, 0.6) is 0 Å². The molecule has 5 heteroatoms. The first-order valence-corrected chi connectivity index (χ1v) is 7.39. The lowest BCUT2D eigenvalue weighted by atomic mass is 10.2. The summed E-state index contributed by atoms with van der Waals surface area (Å²) in [5.41, 5.74) is 2.52. The van der Waals surface area contributed by atoms with Gasteiger partial charge < -0.3 is 10.6 Å². The number of nitriles is 1. The number of hydrogen-bond donors (Lipinski definition) is 2. The molecular formula is C17H14BrN3O. The third-order valence-corrected chi connectivity index (χ3v) is 3.83. The molecule has 0 aliphatic heterocycles. The summed E-state index contributed by atoms with van der Waals surface area (Å²) in [5.74, 6) is -0.449. The number of carbonyl (C=O) groups excluding carboxylic acids is 1. The predicted octanol–water partition coefficient (Wildman–Crippen LogP) is 4.22. The van der Waals surface area contributed by atoms with E-state index in [0.29, 0.717) is 5.69 Å². The van der Waals surface area contributed by atoms with Crippen LogP contribution in [0.2, 0.25) is 0 Å². The zero-order chi connectivity index (χ0) is 15.9. The molecule has 2 aromatic rings. The van der Waals surface area contributed by atoms with Crippen molar-refractivity contribution in [2.24, 2.45) is 0 Å². The van der Waals surface area contributed by atoms with Crippen molar-refractivity contribution in [1.29, 1.82) is 5.26 Å². The molecule has 0 unspecified atom stereocenters.